The Balaban J connectivity index is 1.83. The minimum absolute atomic E-state index is 0.0714. The van der Waals surface area contributed by atoms with Crippen LogP contribution in [0, 0.1) is 0 Å². The van der Waals surface area contributed by atoms with Gasteiger partial charge < -0.3 is 11.1 Å². The quantitative estimate of drug-likeness (QED) is 0.868. The second kappa shape index (κ2) is 6.65. The normalized spacial score (nSPS) is 11.8. The number of aromatic nitrogens is 2. The number of nitrogen functional groups attached to an aromatic ring is 1. The molecule has 5 heteroatoms. The molecule has 104 valence electrons. The summed E-state index contributed by atoms with van der Waals surface area (Å²) in [5, 5.41) is 2.90. The molecule has 0 aliphatic heterocycles. The van der Waals surface area contributed by atoms with Crippen LogP contribution in [0.4, 0.5) is 5.82 Å². The van der Waals surface area contributed by atoms with Gasteiger partial charge in [-0.3, -0.25) is 4.79 Å². The van der Waals surface area contributed by atoms with Gasteiger partial charge in [0.05, 0.1) is 12.4 Å². The first-order valence-corrected chi connectivity index (χ1v) is 6.57. The van der Waals surface area contributed by atoms with Crippen LogP contribution in [0.2, 0.25) is 0 Å². The molecule has 0 aliphatic rings. The Hall–Kier alpha value is -2.43. The Kier molecular flexibility index (Phi) is 4.65. The van der Waals surface area contributed by atoms with Gasteiger partial charge in [-0.2, -0.15) is 0 Å². The van der Waals surface area contributed by atoms with E-state index in [9.17, 15) is 4.79 Å². The lowest BCUT2D eigenvalue weighted by Gasteiger charge is -2.13. The van der Waals surface area contributed by atoms with Gasteiger partial charge >= 0.3 is 0 Å². The molecule has 0 spiro atoms. The Bertz CT molecular complexity index is 554. The zero-order chi connectivity index (χ0) is 14.4. The average molecular weight is 270 g/mol. The maximum Gasteiger partial charge on any atom is 0.271 e. The van der Waals surface area contributed by atoms with E-state index in [2.05, 4.69) is 27.4 Å². The van der Waals surface area contributed by atoms with E-state index in [1.54, 1.807) is 0 Å². The van der Waals surface area contributed by atoms with Crippen molar-refractivity contribution in [3.8, 4) is 0 Å². The molecule has 2 rings (SSSR count). The van der Waals surface area contributed by atoms with Gasteiger partial charge in [0.2, 0.25) is 0 Å². The van der Waals surface area contributed by atoms with Crippen molar-refractivity contribution < 1.29 is 4.79 Å². The lowest BCUT2D eigenvalue weighted by molar-refractivity contribution is 0.0933. The smallest absolute Gasteiger partial charge is 0.271 e. The highest BCUT2D eigenvalue weighted by Gasteiger charge is 2.11. The second-order valence-electron chi connectivity index (χ2n) is 4.73. The Labute approximate surface area is 118 Å². The predicted octanol–water partition coefficient (Wildman–Crippen LogP) is 1.81. The number of aryl methyl sites for hydroxylation is 1. The van der Waals surface area contributed by atoms with Crippen LogP contribution in [0.3, 0.4) is 0 Å². The van der Waals surface area contributed by atoms with Gasteiger partial charge in [-0.1, -0.05) is 30.3 Å². The molecule has 1 unspecified atom stereocenters. The number of anilines is 1. The molecular weight excluding hydrogens is 252 g/mol. The highest BCUT2D eigenvalue weighted by Crippen LogP contribution is 2.05. The van der Waals surface area contributed by atoms with Crippen LogP contribution in [0.25, 0.3) is 0 Å². The number of rotatable bonds is 5. The van der Waals surface area contributed by atoms with Crippen molar-refractivity contribution in [1.29, 1.82) is 0 Å². The van der Waals surface area contributed by atoms with Crippen molar-refractivity contribution in [2.24, 2.45) is 0 Å². The van der Waals surface area contributed by atoms with Crippen molar-refractivity contribution in [2.75, 3.05) is 5.73 Å². The lowest BCUT2D eigenvalue weighted by atomic mass is 10.1. The molecule has 20 heavy (non-hydrogen) atoms. The van der Waals surface area contributed by atoms with E-state index in [4.69, 9.17) is 5.73 Å². The number of nitrogens with one attached hydrogen (secondary N) is 1. The van der Waals surface area contributed by atoms with Crippen LogP contribution in [0.1, 0.15) is 29.4 Å². The van der Waals surface area contributed by atoms with Gasteiger partial charge in [0.1, 0.15) is 11.5 Å². The molecule has 0 bridgehead atoms. The fourth-order valence-corrected chi connectivity index (χ4v) is 1.85. The van der Waals surface area contributed by atoms with Crippen LogP contribution in [-0.2, 0) is 6.42 Å². The standard InChI is InChI=1S/C15H18N4O/c1-11(7-8-12-5-3-2-4-6-12)19-15(20)13-9-18-14(16)10-17-13/h2-6,9-11H,7-8H2,1H3,(H2,16,18)(H,19,20). The van der Waals surface area contributed by atoms with Gasteiger partial charge in [0.25, 0.3) is 5.91 Å². The summed E-state index contributed by atoms with van der Waals surface area (Å²) in [6.07, 6.45) is 4.56. The molecule has 1 aromatic carbocycles. The molecule has 0 radical (unpaired) electrons. The molecular formula is C15H18N4O. The SMILES string of the molecule is CC(CCc1ccccc1)NC(=O)c1cnc(N)cn1. The van der Waals surface area contributed by atoms with Crippen molar-refractivity contribution >= 4 is 11.7 Å². The van der Waals surface area contributed by atoms with E-state index < -0.39 is 0 Å². The summed E-state index contributed by atoms with van der Waals surface area (Å²) in [5.74, 6) is 0.0803. The van der Waals surface area contributed by atoms with Gasteiger partial charge in [-0.15, -0.1) is 0 Å². The summed E-state index contributed by atoms with van der Waals surface area (Å²) in [5.41, 5.74) is 6.98. The molecule has 3 N–H and O–H groups in total. The first-order chi connectivity index (χ1) is 9.65. The van der Waals surface area contributed by atoms with Gasteiger partial charge in [0, 0.05) is 6.04 Å². The first-order valence-electron chi connectivity index (χ1n) is 6.57. The summed E-state index contributed by atoms with van der Waals surface area (Å²) >= 11 is 0. The van der Waals surface area contributed by atoms with Crippen LogP contribution in [-0.4, -0.2) is 21.9 Å². The van der Waals surface area contributed by atoms with E-state index in [1.165, 1.54) is 18.0 Å². The summed E-state index contributed by atoms with van der Waals surface area (Å²) in [4.78, 5) is 19.7. The number of carbonyl (C=O) groups is 1. The average Bonchev–Trinajstić information content (AvgIpc) is 2.47. The maximum absolute atomic E-state index is 11.9. The second-order valence-corrected chi connectivity index (χ2v) is 4.73. The largest absolute Gasteiger partial charge is 0.382 e. The predicted molar refractivity (Wildman–Crippen MR) is 78.1 cm³/mol. The highest BCUT2D eigenvalue weighted by molar-refractivity contribution is 5.92. The fourth-order valence-electron chi connectivity index (χ4n) is 1.85. The Morgan fingerprint density at radius 1 is 1.25 bits per heavy atom. The van der Waals surface area contributed by atoms with Crippen LogP contribution < -0.4 is 11.1 Å². The number of nitrogens with two attached hydrogens (primary N) is 1. The minimum atomic E-state index is -0.224. The number of benzene rings is 1. The molecule has 1 aromatic heterocycles. The topological polar surface area (TPSA) is 80.9 Å². The van der Waals surface area contributed by atoms with Crippen molar-refractivity contribution in [1.82, 2.24) is 15.3 Å². The molecule has 1 atom stereocenters. The lowest BCUT2D eigenvalue weighted by Crippen LogP contribution is -2.33. The van der Waals surface area contributed by atoms with Crippen LogP contribution >= 0.6 is 0 Å². The molecule has 0 saturated heterocycles. The summed E-state index contributed by atoms with van der Waals surface area (Å²) in [7, 11) is 0. The third kappa shape index (κ3) is 4.05. The molecule has 0 aliphatic carbocycles. The van der Waals surface area contributed by atoms with E-state index in [1.807, 2.05) is 25.1 Å². The van der Waals surface area contributed by atoms with Gasteiger partial charge in [-0.05, 0) is 25.3 Å². The zero-order valence-corrected chi connectivity index (χ0v) is 11.4. The molecule has 5 nitrogen and oxygen atoms in total. The molecule has 1 heterocycles. The monoisotopic (exact) mass is 270 g/mol. The molecule has 0 saturated carbocycles. The third-order valence-electron chi connectivity index (χ3n) is 2.99. The number of amides is 1. The zero-order valence-electron chi connectivity index (χ0n) is 11.4. The third-order valence-corrected chi connectivity index (χ3v) is 2.99. The van der Waals surface area contributed by atoms with Crippen LogP contribution in [0.15, 0.2) is 42.7 Å². The molecule has 0 fully saturated rings. The van der Waals surface area contributed by atoms with Crippen molar-refractivity contribution in [3.63, 3.8) is 0 Å². The van der Waals surface area contributed by atoms with Gasteiger partial charge in [0.15, 0.2) is 0 Å². The fraction of sp³-hybridized carbons (Fsp3) is 0.267. The maximum atomic E-state index is 11.9. The molecule has 2 aromatic rings. The Morgan fingerprint density at radius 2 is 2.00 bits per heavy atom. The number of hydrogen-bond donors (Lipinski definition) is 2. The number of nitrogens with zero attached hydrogens (tertiary/aromatic N) is 2. The van der Waals surface area contributed by atoms with Crippen molar-refractivity contribution in [3.05, 3.63) is 54.0 Å². The first kappa shape index (κ1) is 14.0. The summed E-state index contributed by atoms with van der Waals surface area (Å²) in [6, 6.07) is 10.3. The minimum Gasteiger partial charge on any atom is -0.382 e. The summed E-state index contributed by atoms with van der Waals surface area (Å²) in [6.45, 7) is 1.98. The van der Waals surface area contributed by atoms with E-state index in [-0.39, 0.29) is 17.6 Å². The van der Waals surface area contributed by atoms with Crippen LogP contribution in [0.5, 0.6) is 0 Å². The number of hydrogen-bond acceptors (Lipinski definition) is 4. The summed E-state index contributed by atoms with van der Waals surface area (Å²) < 4.78 is 0. The van der Waals surface area contributed by atoms with Gasteiger partial charge in [-0.25, -0.2) is 9.97 Å². The number of carbonyl (C=O) groups excluding carboxylic acids is 1. The molecule has 1 amide bonds. The van der Waals surface area contributed by atoms with E-state index >= 15 is 0 Å². The highest BCUT2D eigenvalue weighted by atomic mass is 16.1. The van der Waals surface area contributed by atoms with E-state index in [0.717, 1.165) is 12.8 Å². The Morgan fingerprint density at radius 3 is 2.65 bits per heavy atom. The van der Waals surface area contributed by atoms with Crippen molar-refractivity contribution in [2.45, 2.75) is 25.8 Å². The van der Waals surface area contributed by atoms with E-state index in [0.29, 0.717) is 5.82 Å².